The third-order valence-electron chi connectivity index (χ3n) is 2.46. The molecular formula is C15H20BrNO4. The number of hydrogen-bond donors (Lipinski definition) is 0. The highest BCUT2D eigenvalue weighted by Crippen LogP contribution is 2.16. The zero-order valence-electron chi connectivity index (χ0n) is 12.7. The maximum atomic E-state index is 12.2. The third kappa shape index (κ3) is 6.62. The Balaban J connectivity index is 2.86. The Hall–Kier alpha value is -1.56. The summed E-state index contributed by atoms with van der Waals surface area (Å²) in [6.45, 7) is 5.45. The summed E-state index contributed by atoms with van der Waals surface area (Å²) in [7, 11) is 1.29. The minimum absolute atomic E-state index is 0.155. The number of esters is 1. The zero-order chi connectivity index (χ0) is 16.0. The molecule has 0 aliphatic rings. The Labute approximate surface area is 133 Å². The van der Waals surface area contributed by atoms with Gasteiger partial charge in [0.1, 0.15) is 12.1 Å². The first-order valence-corrected chi connectivity index (χ1v) is 7.30. The van der Waals surface area contributed by atoms with Crippen LogP contribution in [0, 0.1) is 0 Å². The second kappa shape index (κ2) is 7.45. The standard InChI is InChI=1S/C15H20BrNO4/c1-15(2,3)21-14(19)17(10-13(18)20-4)9-11-6-5-7-12(16)8-11/h5-8H,9-10H2,1-4H3. The van der Waals surface area contributed by atoms with E-state index in [-0.39, 0.29) is 13.1 Å². The van der Waals surface area contributed by atoms with Gasteiger partial charge in [-0.25, -0.2) is 4.79 Å². The Kier molecular flexibility index (Phi) is 6.20. The third-order valence-corrected chi connectivity index (χ3v) is 2.96. The van der Waals surface area contributed by atoms with Crippen LogP contribution in [0.1, 0.15) is 26.3 Å². The molecule has 0 aromatic heterocycles. The van der Waals surface area contributed by atoms with Gasteiger partial charge in [0.25, 0.3) is 0 Å². The molecule has 0 saturated heterocycles. The summed E-state index contributed by atoms with van der Waals surface area (Å²) in [6, 6.07) is 7.51. The lowest BCUT2D eigenvalue weighted by Crippen LogP contribution is -2.39. The minimum atomic E-state index is -0.622. The predicted octanol–water partition coefficient (Wildman–Crippen LogP) is 3.36. The lowest BCUT2D eigenvalue weighted by Gasteiger charge is -2.26. The number of hydrogen-bond acceptors (Lipinski definition) is 4. The predicted molar refractivity (Wildman–Crippen MR) is 82.8 cm³/mol. The number of benzene rings is 1. The van der Waals surface area contributed by atoms with Crippen molar-refractivity contribution in [2.24, 2.45) is 0 Å². The molecule has 1 amide bonds. The van der Waals surface area contributed by atoms with Crippen molar-refractivity contribution in [1.82, 2.24) is 4.90 Å². The van der Waals surface area contributed by atoms with E-state index >= 15 is 0 Å². The van der Waals surface area contributed by atoms with Gasteiger partial charge in [-0.15, -0.1) is 0 Å². The summed E-state index contributed by atoms with van der Waals surface area (Å²) in [6.07, 6.45) is -0.548. The Morgan fingerprint density at radius 1 is 1.29 bits per heavy atom. The van der Waals surface area contributed by atoms with Crippen LogP contribution in [0.25, 0.3) is 0 Å². The maximum absolute atomic E-state index is 12.2. The van der Waals surface area contributed by atoms with E-state index in [2.05, 4.69) is 20.7 Å². The number of ether oxygens (including phenoxy) is 2. The molecular weight excluding hydrogens is 338 g/mol. The van der Waals surface area contributed by atoms with Crippen molar-refractivity contribution in [2.45, 2.75) is 32.9 Å². The quantitative estimate of drug-likeness (QED) is 0.775. The van der Waals surface area contributed by atoms with Gasteiger partial charge < -0.3 is 9.47 Å². The fourth-order valence-corrected chi connectivity index (χ4v) is 2.03. The monoisotopic (exact) mass is 357 g/mol. The van der Waals surface area contributed by atoms with Crippen molar-refractivity contribution in [3.63, 3.8) is 0 Å². The number of halogens is 1. The van der Waals surface area contributed by atoms with Gasteiger partial charge in [-0.05, 0) is 38.5 Å². The molecule has 116 valence electrons. The van der Waals surface area contributed by atoms with Crippen molar-refractivity contribution < 1.29 is 19.1 Å². The van der Waals surface area contributed by atoms with E-state index in [4.69, 9.17) is 4.74 Å². The fraction of sp³-hybridized carbons (Fsp3) is 0.467. The minimum Gasteiger partial charge on any atom is -0.468 e. The van der Waals surface area contributed by atoms with Gasteiger partial charge in [0.05, 0.1) is 7.11 Å². The molecule has 0 saturated carbocycles. The van der Waals surface area contributed by atoms with E-state index in [0.717, 1.165) is 10.0 Å². The normalized spacial score (nSPS) is 10.9. The molecule has 6 heteroatoms. The summed E-state index contributed by atoms with van der Waals surface area (Å²) in [4.78, 5) is 25.0. The molecule has 0 heterocycles. The molecule has 0 fully saturated rings. The molecule has 0 aliphatic heterocycles. The van der Waals surface area contributed by atoms with Gasteiger partial charge in [0.2, 0.25) is 0 Å². The molecule has 0 N–H and O–H groups in total. The van der Waals surface area contributed by atoms with Crippen LogP contribution in [-0.2, 0) is 20.8 Å². The van der Waals surface area contributed by atoms with Crippen LogP contribution >= 0.6 is 15.9 Å². The molecule has 0 unspecified atom stereocenters. The maximum Gasteiger partial charge on any atom is 0.411 e. The highest BCUT2D eigenvalue weighted by molar-refractivity contribution is 9.10. The number of rotatable bonds is 4. The van der Waals surface area contributed by atoms with Crippen molar-refractivity contribution in [3.8, 4) is 0 Å². The first kappa shape index (κ1) is 17.5. The average Bonchev–Trinajstić information content (AvgIpc) is 2.35. The van der Waals surface area contributed by atoms with Crippen molar-refractivity contribution >= 4 is 28.0 Å². The smallest absolute Gasteiger partial charge is 0.411 e. The van der Waals surface area contributed by atoms with Gasteiger partial charge in [-0.3, -0.25) is 9.69 Å². The van der Waals surface area contributed by atoms with Crippen LogP contribution in [0.4, 0.5) is 4.79 Å². The molecule has 0 spiro atoms. The molecule has 1 aromatic rings. The van der Waals surface area contributed by atoms with E-state index in [1.165, 1.54) is 12.0 Å². The Morgan fingerprint density at radius 3 is 2.48 bits per heavy atom. The number of carbonyl (C=O) groups is 2. The summed E-state index contributed by atoms with van der Waals surface area (Å²) in [5.41, 5.74) is 0.266. The van der Waals surface area contributed by atoms with Crippen molar-refractivity contribution in [1.29, 1.82) is 0 Å². The lowest BCUT2D eigenvalue weighted by atomic mass is 10.2. The largest absolute Gasteiger partial charge is 0.468 e. The van der Waals surface area contributed by atoms with E-state index in [0.29, 0.717) is 0 Å². The van der Waals surface area contributed by atoms with Gasteiger partial charge >= 0.3 is 12.1 Å². The Bertz CT molecular complexity index is 511. The number of methoxy groups -OCH3 is 1. The van der Waals surface area contributed by atoms with Crippen molar-refractivity contribution in [2.75, 3.05) is 13.7 Å². The van der Waals surface area contributed by atoms with Crippen LogP contribution in [0.5, 0.6) is 0 Å². The van der Waals surface area contributed by atoms with E-state index < -0.39 is 17.7 Å². The molecule has 0 aliphatic carbocycles. The van der Waals surface area contributed by atoms with Gasteiger partial charge in [-0.1, -0.05) is 28.1 Å². The van der Waals surface area contributed by atoms with E-state index in [1.54, 1.807) is 20.8 Å². The highest BCUT2D eigenvalue weighted by atomic mass is 79.9. The number of nitrogens with zero attached hydrogens (tertiary/aromatic N) is 1. The second-order valence-corrected chi connectivity index (χ2v) is 6.46. The van der Waals surface area contributed by atoms with Crippen LogP contribution in [-0.4, -0.2) is 36.2 Å². The molecule has 0 atom stereocenters. The summed E-state index contributed by atoms with van der Waals surface area (Å²) < 4.78 is 10.8. The first-order valence-electron chi connectivity index (χ1n) is 6.50. The summed E-state index contributed by atoms with van der Waals surface area (Å²) >= 11 is 3.38. The summed E-state index contributed by atoms with van der Waals surface area (Å²) in [5, 5.41) is 0. The molecule has 1 rings (SSSR count). The summed E-state index contributed by atoms with van der Waals surface area (Å²) in [5.74, 6) is -0.490. The molecule has 5 nitrogen and oxygen atoms in total. The average molecular weight is 358 g/mol. The molecule has 0 bridgehead atoms. The van der Waals surface area contributed by atoms with Crippen LogP contribution < -0.4 is 0 Å². The Morgan fingerprint density at radius 2 is 1.95 bits per heavy atom. The highest BCUT2D eigenvalue weighted by Gasteiger charge is 2.24. The van der Waals surface area contributed by atoms with Crippen molar-refractivity contribution in [3.05, 3.63) is 34.3 Å². The van der Waals surface area contributed by atoms with E-state index in [9.17, 15) is 9.59 Å². The lowest BCUT2D eigenvalue weighted by molar-refractivity contribution is -0.142. The SMILES string of the molecule is COC(=O)CN(Cc1cccc(Br)c1)C(=O)OC(C)(C)C. The molecule has 1 aromatic carbocycles. The van der Waals surface area contributed by atoms with Crippen LogP contribution in [0.15, 0.2) is 28.7 Å². The zero-order valence-corrected chi connectivity index (χ0v) is 14.3. The van der Waals surface area contributed by atoms with Gasteiger partial charge in [0, 0.05) is 11.0 Å². The number of carbonyl (C=O) groups excluding carboxylic acids is 2. The van der Waals surface area contributed by atoms with Crippen LogP contribution in [0.3, 0.4) is 0 Å². The number of amides is 1. The van der Waals surface area contributed by atoms with Gasteiger partial charge in [0.15, 0.2) is 0 Å². The topological polar surface area (TPSA) is 55.8 Å². The fourth-order valence-electron chi connectivity index (χ4n) is 1.59. The first-order chi connectivity index (χ1) is 9.71. The molecule has 21 heavy (non-hydrogen) atoms. The van der Waals surface area contributed by atoms with Crippen LogP contribution in [0.2, 0.25) is 0 Å². The van der Waals surface area contributed by atoms with Gasteiger partial charge in [-0.2, -0.15) is 0 Å². The molecule has 0 radical (unpaired) electrons. The van der Waals surface area contributed by atoms with E-state index in [1.807, 2.05) is 24.3 Å². The second-order valence-electron chi connectivity index (χ2n) is 5.54.